The van der Waals surface area contributed by atoms with Crippen LogP contribution in [0.5, 0.6) is 0 Å². The molecule has 0 unspecified atom stereocenters. The van der Waals surface area contributed by atoms with Gasteiger partial charge >= 0.3 is 0 Å². The molecule has 4 heteroatoms. The maximum atomic E-state index is 12.4. The first kappa shape index (κ1) is 30.5. The number of aliphatic hydroxyl groups is 1. The fourth-order valence-electron chi connectivity index (χ4n) is 7.11. The highest BCUT2D eigenvalue weighted by atomic mass is 28.4. The number of aliphatic hydroxyl groups excluding tert-OH is 1. The fraction of sp³-hybridized carbons (Fsp3) is 0.649. The molecular formula is C37H55NO2Si. The third kappa shape index (κ3) is 6.11. The highest BCUT2D eigenvalue weighted by molar-refractivity contribution is 6.74. The van der Waals surface area contributed by atoms with Crippen LogP contribution in [0.3, 0.4) is 0 Å². The summed E-state index contributed by atoms with van der Waals surface area (Å²) in [6.45, 7) is 21.0. The number of aromatic nitrogens is 1. The molecule has 0 aliphatic heterocycles. The second-order valence-electron chi connectivity index (χ2n) is 15.9. The van der Waals surface area contributed by atoms with Crippen LogP contribution in [0.1, 0.15) is 156 Å². The van der Waals surface area contributed by atoms with Gasteiger partial charge in [-0.1, -0.05) is 85.6 Å². The average Bonchev–Trinajstić information content (AvgIpc) is 3.58. The Kier molecular flexibility index (Phi) is 8.42. The summed E-state index contributed by atoms with van der Waals surface area (Å²) >= 11 is 0. The van der Waals surface area contributed by atoms with Crippen LogP contribution >= 0.6 is 0 Å². The fourth-order valence-corrected chi connectivity index (χ4v) is 8.23. The van der Waals surface area contributed by atoms with Crippen LogP contribution in [0.25, 0.3) is 0 Å². The van der Waals surface area contributed by atoms with Crippen molar-refractivity contribution in [2.45, 2.75) is 148 Å². The summed E-state index contributed by atoms with van der Waals surface area (Å²) < 4.78 is 7.11. The topological polar surface area (TPSA) is 42.4 Å². The second-order valence-corrected chi connectivity index (χ2v) is 20.6. The van der Waals surface area contributed by atoms with Crippen molar-refractivity contribution in [2.75, 3.05) is 0 Å². The minimum atomic E-state index is -2.01. The van der Waals surface area contributed by atoms with Crippen molar-refractivity contribution >= 4 is 8.32 Å². The first-order valence-electron chi connectivity index (χ1n) is 16.4. The Balaban J connectivity index is 1.70. The van der Waals surface area contributed by atoms with Gasteiger partial charge in [0.1, 0.15) is 6.10 Å². The van der Waals surface area contributed by atoms with Gasteiger partial charge in [0.15, 0.2) is 0 Å². The molecule has 3 aliphatic carbocycles. The van der Waals surface area contributed by atoms with Crippen LogP contribution in [0, 0.1) is 5.41 Å². The number of hydrogen-bond acceptors (Lipinski definition) is 3. The Hall–Kier alpha value is -1.91. The number of benzene rings is 1. The minimum Gasteiger partial charge on any atom is -0.546 e. The molecule has 5 rings (SSSR count). The monoisotopic (exact) mass is 573 g/mol. The number of allylic oxidation sites excluding steroid dienone is 2. The van der Waals surface area contributed by atoms with E-state index in [1.165, 1.54) is 53.8 Å². The first-order chi connectivity index (χ1) is 19.2. The lowest BCUT2D eigenvalue weighted by Gasteiger charge is -2.40. The summed E-state index contributed by atoms with van der Waals surface area (Å²) in [5.41, 5.74) is 8.93. The van der Waals surface area contributed by atoms with E-state index in [0.717, 1.165) is 49.0 Å². The molecule has 1 fully saturated rings. The van der Waals surface area contributed by atoms with E-state index >= 15 is 0 Å². The van der Waals surface area contributed by atoms with Crippen molar-refractivity contribution in [2.24, 2.45) is 5.41 Å². The lowest BCUT2D eigenvalue weighted by Crippen LogP contribution is -2.41. The largest absolute Gasteiger partial charge is 0.546 e. The molecule has 0 spiro atoms. The highest BCUT2D eigenvalue weighted by Gasteiger charge is 2.43. The standard InChI is InChI=1S/C37H55NO2Si/c1-24(2)25-17-19-27(20-18-25)35(39)33-32(29-15-12-16-31(29)40-41(8,9)36(3,4)5)28-21-22-37(6,7)23-30(28)38-34(33)26-13-10-11-14-26/h16-20,24,26,29,35,39H,10-15,21-23H2,1-9H3/t29-,35-/m1/s1. The van der Waals surface area contributed by atoms with Crippen molar-refractivity contribution in [3.63, 3.8) is 0 Å². The summed E-state index contributed by atoms with van der Waals surface area (Å²) in [7, 11) is -2.01. The van der Waals surface area contributed by atoms with Crippen LogP contribution < -0.4 is 0 Å². The normalized spacial score (nSPS) is 22.1. The van der Waals surface area contributed by atoms with Gasteiger partial charge in [-0.3, -0.25) is 4.98 Å². The molecule has 2 aromatic rings. The van der Waals surface area contributed by atoms with Crippen LogP contribution in [0.4, 0.5) is 0 Å². The molecule has 3 nitrogen and oxygen atoms in total. The number of rotatable bonds is 7. The van der Waals surface area contributed by atoms with E-state index in [9.17, 15) is 5.11 Å². The quantitative estimate of drug-likeness (QED) is 0.335. The molecule has 0 radical (unpaired) electrons. The Morgan fingerprint density at radius 2 is 1.63 bits per heavy atom. The minimum absolute atomic E-state index is 0.137. The predicted octanol–water partition coefficient (Wildman–Crippen LogP) is 10.2. The zero-order valence-electron chi connectivity index (χ0n) is 27.4. The molecule has 224 valence electrons. The summed E-state index contributed by atoms with van der Waals surface area (Å²) in [4.78, 5) is 5.54. The smallest absolute Gasteiger partial charge is 0.250 e. The van der Waals surface area contributed by atoms with Crippen molar-refractivity contribution < 1.29 is 9.53 Å². The molecule has 1 N–H and O–H groups in total. The molecule has 3 aliphatic rings. The lowest BCUT2D eigenvalue weighted by atomic mass is 9.71. The van der Waals surface area contributed by atoms with E-state index in [4.69, 9.17) is 9.41 Å². The van der Waals surface area contributed by atoms with E-state index in [-0.39, 0.29) is 16.4 Å². The molecule has 41 heavy (non-hydrogen) atoms. The predicted molar refractivity (Wildman–Crippen MR) is 174 cm³/mol. The summed E-state index contributed by atoms with van der Waals surface area (Å²) in [5.74, 6) is 2.26. The third-order valence-corrected chi connectivity index (χ3v) is 15.2. The van der Waals surface area contributed by atoms with Crippen molar-refractivity contribution in [3.8, 4) is 0 Å². The summed E-state index contributed by atoms with van der Waals surface area (Å²) in [5, 5.41) is 12.5. The maximum Gasteiger partial charge on any atom is 0.250 e. The van der Waals surface area contributed by atoms with Gasteiger partial charge in [-0.2, -0.15) is 0 Å². The number of hydrogen-bond donors (Lipinski definition) is 1. The molecular weight excluding hydrogens is 518 g/mol. The van der Waals surface area contributed by atoms with Crippen LogP contribution in [-0.4, -0.2) is 18.4 Å². The Labute approximate surface area is 251 Å². The van der Waals surface area contributed by atoms with E-state index in [1.54, 1.807) is 0 Å². The van der Waals surface area contributed by atoms with E-state index in [2.05, 4.69) is 91.9 Å². The molecule has 2 atom stereocenters. The molecule has 0 amide bonds. The Morgan fingerprint density at radius 3 is 2.24 bits per heavy atom. The van der Waals surface area contributed by atoms with Gasteiger partial charge < -0.3 is 9.53 Å². The van der Waals surface area contributed by atoms with E-state index < -0.39 is 14.4 Å². The van der Waals surface area contributed by atoms with Gasteiger partial charge in [0.2, 0.25) is 8.32 Å². The third-order valence-electron chi connectivity index (χ3n) is 10.8. The average molecular weight is 574 g/mol. The number of pyridine rings is 1. The van der Waals surface area contributed by atoms with Gasteiger partial charge in [0, 0.05) is 23.1 Å². The number of nitrogens with zero attached hydrogens (tertiary/aromatic N) is 1. The van der Waals surface area contributed by atoms with Gasteiger partial charge in [-0.05, 0) is 103 Å². The van der Waals surface area contributed by atoms with Crippen molar-refractivity contribution in [1.29, 1.82) is 0 Å². The van der Waals surface area contributed by atoms with Gasteiger partial charge in [-0.25, -0.2) is 0 Å². The number of fused-ring (bicyclic) bond motifs is 1. The SMILES string of the molecule is CC(C)c1ccc([C@@H](O)c2c(C3CCCC3)nc3c(c2[C@@H]2CCC=C2O[Si](C)(C)C(C)(C)C)CCC(C)(C)C3)cc1. The van der Waals surface area contributed by atoms with Crippen LogP contribution in [0.2, 0.25) is 18.1 Å². The van der Waals surface area contributed by atoms with Crippen molar-refractivity contribution in [1.82, 2.24) is 4.98 Å². The Bertz CT molecular complexity index is 1280. The van der Waals surface area contributed by atoms with Crippen LogP contribution in [-0.2, 0) is 17.3 Å². The van der Waals surface area contributed by atoms with Crippen LogP contribution in [0.15, 0.2) is 36.1 Å². The first-order valence-corrected chi connectivity index (χ1v) is 19.3. The molecule has 1 saturated carbocycles. The van der Waals surface area contributed by atoms with E-state index in [1.807, 2.05) is 0 Å². The molecule has 1 aromatic carbocycles. The zero-order chi connectivity index (χ0) is 29.7. The summed E-state index contributed by atoms with van der Waals surface area (Å²) in [6, 6.07) is 8.71. The van der Waals surface area contributed by atoms with Gasteiger partial charge in [0.25, 0.3) is 0 Å². The molecule has 0 saturated heterocycles. The van der Waals surface area contributed by atoms with Gasteiger partial charge in [-0.15, -0.1) is 0 Å². The molecule has 1 heterocycles. The van der Waals surface area contributed by atoms with Gasteiger partial charge in [0.05, 0.1) is 11.5 Å². The van der Waals surface area contributed by atoms with Crippen molar-refractivity contribution in [3.05, 3.63) is 75.3 Å². The maximum absolute atomic E-state index is 12.4. The highest BCUT2D eigenvalue weighted by Crippen LogP contribution is 2.51. The second kappa shape index (κ2) is 11.3. The summed E-state index contributed by atoms with van der Waals surface area (Å²) in [6.07, 6.45) is 11.9. The molecule has 1 aromatic heterocycles. The molecule has 0 bridgehead atoms. The Morgan fingerprint density at radius 1 is 1.00 bits per heavy atom. The zero-order valence-corrected chi connectivity index (χ0v) is 28.4. The van der Waals surface area contributed by atoms with E-state index in [0.29, 0.717) is 11.8 Å². The lowest BCUT2D eigenvalue weighted by molar-refractivity contribution is 0.214.